The van der Waals surface area contributed by atoms with Crippen molar-refractivity contribution in [3.8, 4) is 0 Å². The molecule has 200 valence electrons. The van der Waals surface area contributed by atoms with Crippen molar-refractivity contribution in [2.45, 2.75) is 32.6 Å². The quantitative estimate of drug-likeness (QED) is 0.138. The molecule has 0 atom stereocenters. The molecule has 6 aromatic rings. The summed E-state index contributed by atoms with van der Waals surface area (Å²) < 4.78 is 0. The Balaban J connectivity index is 0.000000207. The molecule has 0 radical (unpaired) electrons. The second-order valence-corrected chi connectivity index (χ2v) is 10.1. The first-order chi connectivity index (χ1) is 19.2. The third kappa shape index (κ3) is 11.9. The summed E-state index contributed by atoms with van der Waals surface area (Å²) in [6.45, 7) is 5.72. The van der Waals surface area contributed by atoms with Gasteiger partial charge in [0, 0.05) is 0 Å². The van der Waals surface area contributed by atoms with Crippen molar-refractivity contribution < 1.29 is 21.7 Å². The molecule has 0 fully saturated rings. The first kappa shape index (κ1) is 33.0. The molecule has 40 heavy (non-hydrogen) atoms. The number of benzene rings is 4. The van der Waals surface area contributed by atoms with Crippen LogP contribution in [0.5, 0.6) is 0 Å². The molecular weight excluding hydrogens is 532 g/mol. The van der Waals surface area contributed by atoms with Gasteiger partial charge in [-0.2, -0.15) is 65.6 Å². The smallest absolute Gasteiger partial charge is 0.343 e. The molecule has 0 saturated heterocycles. The molecule has 0 nitrogen and oxygen atoms in total. The van der Waals surface area contributed by atoms with Gasteiger partial charge in [0.15, 0.2) is 0 Å². The van der Waals surface area contributed by atoms with Gasteiger partial charge in [-0.25, -0.2) is 0 Å². The average molecular weight is 573 g/mol. The zero-order chi connectivity index (χ0) is 27.5. The molecule has 0 aliphatic carbocycles. The van der Waals surface area contributed by atoms with Crippen LogP contribution in [-0.2, 0) is 21.7 Å². The monoisotopic (exact) mass is 572 g/mol. The first-order valence-electron chi connectivity index (χ1n) is 13.8. The second-order valence-electron chi connectivity index (χ2n) is 9.29. The molecule has 0 bridgehead atoms. The fourth-order valence-corrected chi connectivity index (χ4v) is 4.40. The van der Waals surface area contributed by atoms with Crippen molar-refractivity contribution in [2.75, 3.05) is 0 Å². The van der Waals surface area contributed by atoms with Crippen LogP contribution in [0, 0.1) is 13.3 Å². The first-order valence-corrected chi connectivity index (χ1v) is 14.5. The molecule has 0 aromatic heterocycles. The van der Waals surface area contributed by atoms with E-state index in [1.54, 1.807) is 0 Å². The SMILES string of the molecule is [CH2-]CCC.[SiH2]=C(CC[CH-]c1ccccc1)c1ccccc1.[Ti+4].c1ccc2[cH-]ccc2c1.c1ccc2[cH-]ccc2c1. The zero-order valence-corrected chi connectivity index (χ0v) is 26.7. The van der Waals surface area contributed by atoms with Crippen molar-refractivity contribution >= 4 is 36.6 Å². The Kier molecular flexibility index (Phi) is 16.3. The van der Waals surface area contributed by atoms with Crippen LogP contribution in [-0.4, -0.2) is 15.0 Å². The van der Waals surface area contributed by atoms with Crippen LogP contribution in [0.3, 0.4) is 0 Å². The summed E-state index contributed by atoms with van der Waals surface area (Å²) in [6.07, 6.45) is 6.83. The molecule has 0 N–H and O–H groups in total. The number of unbranched alkanes of at least 4 members (excludes halogenated alkanes) is 1. The predicted molar refractivity (Wildman–Crippen MR) is 178 cm³/mol. The van der Waals surface area contributed by atoms with E-state index in [9.17, 15) is 0 Å². The van der Waals surface area contributed by atoms with Gasteiger partial charge in [-0.1, -0.05) is 73.5 Å². The Bertz CT molecular complexity index is 1330. The molecule has 0 unspecified atom stereocenters. The summed E-state index contributed by atoms with van der Waals surface area (Å²) in [5.74, 6) is 0. The van der Waals surface area contributed by atoms with Crippen LogP contribution in [0.25, 0.3) is 21.5 Å². The fourth-order valence-electron chi connectivity index (χ4n) is 3.96. The van der Waals surface area contributed by atoms with Crippen LogP contribution >= 0.6 is 0 Å². The normalized spacial score (nSPS) is 9.55. The van der Waals surface area contributed by atoms with Gasteiger partial charge in [-0.3, -0.25) is 0 Å². The summed E-state index contributed by atoms with van der Waals surface area (Å²) >= 11 is 0. The maximum absolute atomic E-state index is 3.60. The van der Waals surface area contributed by atoms with E-state index >= 15 is 0 Å². The van der Waals surface area contributed by atoms with Gasteiger partial charge >= 0.3 is 21.7 Å². The van der Waals surface area contributed by atoms with Gasteiger partial charge in [-0.05, 0) is 21.8 Å². The topological polar surface area (TPSA) is 0 Å². The van der Waals surface area contributed by atoms with Gasteiger partial charge in [0.2, 0.25) is 0 Å². The number of rotatable bonds is 6. The van der Waals surface area contributed by atoms with Crippen LogP contribution in [0.1, 0.15) is 43.7 Å². The third-order valence-electron chi connectivity index (χ3n) is 6.26. The van der Waals surface area contributed by atoms with Crippen molar-refractivity contribution in [3.05, 3.63) is 170 Å². The van der Waals surface area contributed by atoms with Crippen molar-refractivity contribution in [3.63, 3.8) is 0 Å². The molecule has 0 spiro atoms. The van der Waals surface area contributed by atoms with Crippen LogP contribution < -0.4 is 0 Å². The molecule has 6 rings (SSSR count). The number of hydrogen-bond acceptors (Lipinski definition) is 0. The summed E-state index contributed by atoms with van der Waals surface area (Å²) in [5.41, 5.74) is 2.68. The van der Waals surface area contributed by atoms with Gasteiger partial charge in [0.1, 0.15) is 0 Å². The Morgan fingerprint density at radius 2 is 1.12 bits per heavy atom. The van der Waals surface area contributed by atoms with Crippen LogP contribution in [0.2, 0.25) is 0 Å². The Labute approximate surface area is 259 Å². The Morgan fingerprint density at radius 3 is 1.60 bits per heavy atom. The summed E-state index contributed by atoms with van der Waals surface area (Å²) in [7, 11) is 2.00. The maximum Gasteiger partial charge on any atom is 4.00 e. The molecule has 0 amide bonds. The Morgan fingerprint density at radius 1 is 0.675 bits per heavy atom. The second kappa shape index (κ2) is 19.8. The molecule has 0 saturated carbocycles. The summed E-state index contributed by atoms with van der Waals surface area (Å²) in [4.78, 5) is 0. The van der Waals surface area contributed by atoms with Crippen molar-refractivity contribution in [1.82, 2.24) is 0 Å². The van der Waals surface area contributed by atoms with E-state index in [0.717, 1.165) is 19.3 Å². The van der Waals surface area contributed by atoms with Gasteiger partial charge in [-0.15, -0.1) is 71.4 Å². The standard InChI is InChI=1S/C16H17Si.2C9H7.C4H9.Ti/c17-16(15-11-5-2-6-12-15)13-7-10-14-8-3-1-4-9-14;2*1-2-5-9-7-3-6-8(9)4-1;1-3-4-2;/h1-6,8-12H,7,13,17H2;2*1-7H;1,3-4H2,2H3;/q4*-1;+4. The summed E-state index contributed by atoms with van der Waals surface area (Å²) in [5, 5.41) is 6.81. The molecule has 2 heteroatoms. The van der Waals surface area contributed by atoms with E-state index in [1.807, 2.05) is 9.85 Å². The molecule has 0 aliphatic heterocycles. The summed E-state index contributed by atoms with van der Waals surface area (Å²) in [6, 6.07) is 50.5. The largest absolute Gasteiger partial charge is 4.00 e. The van der Waals surface area contributed by atoms with E-state index in [-0.39, 0.29) is 21.7 Å². The van der Waals surface area contributed by atoms with E-state index < -0.39 is 0 Å². The van der Waals surface area contributed by atoms with Crippen molar-refractivity contribution in [1.29, 1.82) is 0 Å². The zero-order valence-electron chi connectivity index (χ0n) is 23.7. The van der Waals surface area contributed by atoms with Gasteiger partial charge in [0.05, 0.1) is 0 Å². The van der Waals surface area contributed by atoms with E-state index in [0.29, 0.717) is 0 Å². The molecule has 0 aliphatic rings. The molecule has 0 heterocycles. The van der Waals surface area contributed by atoms with Gasteiger partial charge in [0.25, 0.3) is 0 Å². The minimum absolute atomic E-state index is 0. The number of hydrogen-bond donors (Lipinski definition) is 0. The van der Waals surface area contributed by atoms with Crippen LogP contribution in [0.4, 0.5) is 0 Å². The minimum atomic E-state index is 0. The Hall–Kier alpha value is -3.23. The van der Waals surface area contributed by atoms with E-state index in [1.165, 1.54) is 44.3 Å². The fraction of sp³-hybridized carbons (Fsp3) is 0.132. The maximum atomic E-state index is 3.60. The molecular formula is C38H40SiTi. The predicted octanol–water partition coefficient (Wildman–Crippen LogP) is 9.61. The average Bonchev–Trinajstić information content (AvgIpc) is 3.69. The van der Waals surface area contributed by atoms with E-state index in [4.69, 9.17) is 0 Å². The number of fused-ring (bicyclic) bond motifs is 2. The van der Waals surface area contributed by atoms with Crippen LogP contribution in [0.15, 0.2) is 146 Å². The van der Waals surface area contributed by atoms with Gasteiger partial charge < -0.3 is 6.92 Å². The third-order valence-corrected chi connectivity index (χ3v) is 7.02. The van der Waals surface area contributed by atoms with Crippen molar-refractivity contribution in [2.24, 2.45) is 0 Å². The molecule has 6 aromatic carbocycles. The minimum Gasteiger partial charge on any atom is -0.343 e. The van der Waals surface area contributed by atoms with E-state index in [2.05, 4.69) is 166 Å².